The Morgan fingerprint density at radius 1 is 1.43 bits per heavy atom. The second-order valence-electron chi connectivity index (χ2n) is 7.63. The topological polar surface area (TPSA) is 180 Å². The maximum Gasteiger partial charge on any atom is 0.280 e. The average molecular weight is 424 g/mol. The lowest BCUT2D eigenvalue weighted by Crippen LogP contribution is -2.54. The zero-order chi connectivity index (χ0) is 23.1. The molecule has 1 amide bonds. The summed E-state index contributed by atoms with van der Waals surface area (Å²) in [5.41, 5.74) is -3.50. The van der Waals surface area contributed by atoms with Gasteiger partial charge in [-0.15, -0.1) is 0 Å². The molecule has 0 aliphatic carbocycles. The van der Waals surface area contributed by atoms with Crippen LogP contribution in [0.25, 0.3) is 11.2 Å². The van der Waals surface area contributed by atoms with E-state index in [4.69, 9.17) is 6.11 Å². The first-order valence-electron chi connectivity index (χ1n) is 10.0. The SMILES string of the molecule is [2H]CC(C)C(=O)[C@@]1(O)C(n2cnc3c(=O)[nH]c(NC(=O)C(C)C)nc32)O[C@H](CO)[C@H]1O. The fourth-order valence-corrected chi connectivity index (χ4v) is 3.27. The van der Waals surface area contributed by atoms with E-state index >= 15 is 0 Å². The van der Waals surface area contributed by atoms with Gasteiger partial charge in [0.1, 0.15) is 12.2 Å². The van der Waals surface area contributed by atoms with E-state index in [9.17, 15) is 29.7 Å². The number of hydrogen-bond acceptors (Lipinski definition) is 9. The normalized spacial score (nSPS) is 28.0. The van der Waals surface area contributed by atoms with Crippen LogP contribution in [-0.4, -0.2) is 70.9 Å². The minimum Gasteiger partial charge on any atom is -0.394 e. The highest BCUT2D eigenvalue weighted by Crippen LogP contribution is 2.41. The van der Waals surface area contributed by atoms with Crippen molar-refractivity contribution in [2.45, 2.75) is 51.7 Å². The molecule has 0 saturated carbocycles. The summed E-state index contributed by atoms with van der Waals surface area (Å²) in [4.78, 5) is 47.8. The highest BCUT2D eigenvalue weighted by Gasteiger charge is 2.61. The number of ketones is 1. The van der Waals surface area contributed by atoms with Crippen LogP contribution >= 0.6 is 0 Å². The number of Topliss-reactive ketones (excluding diaryl/α,β-unsaturated/α-hetero) is 1. The quantitative estimate of drug-likeness (QED) is 0.385. The number of hydrogen-bond donors (Lipinski definition) is 5. The molecule has 164 valence electrons. The third kappa shape index (κ3) is 3.41. The molecule has 5 atom stereocenters. The van der Waals surface area contributed by atoms with Crippen LogP contribution in [0.3, 0.4) is 0 Å². The smallest absolute Gasteiger partial charge is 0.280 e. The third-order valence-corrected chi connectivity index (χ3v) is 4.96. The Balaban J connectivity index is 2.14. The first kappa shape index (κ1) is 20.6. The van der Waals surface area contributed by atoms with Gasteiger partial charge in [-0.25, -0.2) is 4.98 Å². The number of aliphatic hydroxyl groups excluding tert-OH is 2. The zero-order valence-electron chi connectivity index (χ0n) is 17.7. The Morgan fingerprint density at radius 2 is 2.13 bits per heavy atom. The number of amides is 1. The second kappa shape index (κ2) is 7.87. The molecule has 3 heterocycles. The Bertz CT molecular complexity index is 1050. The van der Waals surface area contributed by atoms with Crippen molar-refractivity contribution >= 4 is 28.8 Å². The fraction of sp³-hybridized carbons (Fsp3) is 0.611. The number of rotatable bonds is 6. The summed E-state index contributed by atoms with van der Waals surface area (Å²) in [5.74, 6) is -2.79. The van der Waals surface area contributed by atoms with E-state index in [0.717, 1.165) is 10.9 Å². The number of ether oxygens (including phenoxy) is 1. The lowest BCUT2D eigenvalue weighted by molar-refractivity contribution is -0.161. The van der Waals surface area contributed by atoms with E-state index in [1.54, 1.807) is 13.8 Å². The molecule has 12 heteroatoms. The number of aliphatic hydroxyl groups is 3. The maximum absolute atomic E-state index is 12.9. The molecule has 0 spiro atoms. The standard InChI is InChI=1S/C18H25N5O7/c1-7(2)11(25)18(29)12(26)9(5-24)30-16(18)23-6-19-10-13(23)20-17(22-15(10)28)21-14(27)8(3)4/h6-9,12,16,24,26,29H,5H2,1-4H3,(H2,20,21,22,27,28)/t9-,12-,16?,18+/m1/s1/i1D/t7?,9-,12-,16?,18+. The predicted octanol–water partition coefficient (Wildman–Crippen LogP) is -1.08. The summed E-state index contributed by atoms with van der Waals surface area (Å²) in [6.45, 7) is 3.67. The van der Waals surface area contributed by atoms with Gasteiger partial charge in [-0.1, -0.05) is 27.7 Å². The molecule has 1 aliphatic rings. The molecule has 3 rings (SSSR count). The van der Waals surface area contributed by atoms with Crippen molar-refractivity contribution in [3.8, 4) is 0 Å². The highest BCUT2D eigenvalue weighted by molar-refractivity contribution is 5.91. The van der Waals surface area contributed by atoms with Crippen LogP contribution in [0.5, 0.6) is 0 Å². The van der Waals surface area contributed by atoms with Crippen molar-refractivity contribution in [3.63, 3.8) is 0 Å². The van der Waals surface area contributed by atoms with Crippen LogP contribution in [0.15, 0.2) is 11.1 Å². The summed E-state index contributed by atoms with van der Waals surface area (Å²) in [7, 11) is 0. The fourth-order valence-electron chi connectivity index (χ4n) is 3.27. The lowest BCUT2D eigenvalue weighted by Gasteiger charge is -2.31. The lowest BCUT2D eigenvalue weighted by atomic mass is 9.84. The average Bonchev–Trinajstić information content (AvgIpc) is 3.26. The van der Waals surface area contributed by atoms with Crippen molar-refractivity contribution in [3.05, 3.63) is 16.7 Å². The first-order valence-corrected chi connectivity index (χ1v) is 9.34. The van der Waals surface area contributed by atoms with E-state index in [-0.39, 0.29) is 24.0 Å². The summed E-state index contributed by atoms with van der Waals surface area (Å²) in [6, 6.07) is 0. The summed E-state index contributed by atoms with van der Waals surface area (Å²) >= 11 is 0. The van der Waals surface area contributed by atoms with E-state index in [2.05, 4.69) is 20.3 Å². The Hall–Kier alpha value is -2.67. The second-order valence-corrected chi connectivity index (χ2v) is 7.63. The summed E-state index contributed by atoms with van der Waals surface area (Å²) in [6.07, 6.45) is -3.60. The molecule has 0 bridgehead atoms. The van der Waals surface area contributed by atoms with Crippen molar-refractivity contribution < 1.29 is 31.0 Å². The summed E-state index contributed by atoms with van der Waals surface area (Å²) in [5, 5.41) is 33.8. The highest BCUT2D eigenvalue weighted by atomic mass is 16.6. The molecule has 1 fully saturated rings. The van der Waals surface area contributed by atoms with Gasteiger partial charge in [-0.05, 0) is 0 Å². The largest absolute Gasteiger partial charge is 0.394 e. The Kier molecular flexibility index (Phi) is 5.40. The number of aromatic nitrogens is 4. The number of carbonyl (C=O) groups is 2. The van der Waals surface area contributed by atoms with Crippen LogP contribution < -0.4 is 10.9 Å². The van der Waals surface area contributed by atoms with E-state index < -0.39 is 59.7 Å². The molecule has 5 N–H and O–H groups in total. The van der Waals surface area contributed by atoms with E-state index in [1.807, 2.05) is 0 Å². The third-order valence-electron chi connectivity index (χ3n) is 4.96. The number of H-pyrrole nitrogens is 1. The first-order chi connectivity index (χ1) is 14.6. The number of anilines is 1. The minimum absolute atomic E-state index is 0.122. The van der Waals surface area contributed by atoms with Gasteiger partial charge in [0.15, 0.2) is 28.8 Å². The van der Waals surface area contributed by atoms with Crippen LogP contribution in [0.1, 0.15) is 35.3 Å². The molecule has 30 heavy (non-hydrogen) atoms. The van der Waals surface area contributed by atoms with Crippen molar-refractivity contribution in [1.82, 2.24) is 19.5 Å². The molecule has 2 aromatic heterocycles. The minimum atomic E-state index is -2.53. The molecule has 1 saturated heterocycles. The molecule has 1 aliphatic heterocycles. The van der Waals surface area contributed by atoms with Gasteiger partial charge in [0.2, 0.25) is 11.9 Å². The van der Waals surface area contributed by atoms with Gasteiger partial charge in [-0.3, -0.25) is 29.3 Å². The van der Waals surface area contributed by atoms with Gasteiger partial charge in [0.25, 0.3) is 5.56 Å². The molecule has 2 unspecified atom stereocenters. The number of fused-ring (bicyclic) bond motifs is 1. The number of nitrogens with one attached hydrogen (secondary N) is 2. The van der Waals surface area contributed by atoms with Crippen LogP contribution in [0, 0.1) is 11.8 Å². The van der Waals surface area contributed by atoms with Crippen molar-refractivity contribution in [2.24, 2.45) is 11.8 Å². The van der Waals surface area contributed by atoms with Gasteiger partial charge < -0.3 is 20.1 Å². The number of nitrogens with zero attached hydrogens (tertiary/aromatic N) is 3. The molecule has 2 aromatic rings. The Morgan fingerprint density at radius 3 is 2.73 bits per heavy atom. The Labute approximate surface area is 172 Å². The van der Waals surface area contributed by atoms with Crippen LogP contribution in [0.2, 0.25) is 0 Å². The molecular weight excluding hydrogens is 398 g/mol. The van der Waals surface area contributed by atoms with Gasteiger partial charge >= 0.3 is 0 Å². The molecule has 0 radical (unpaired) electrons. The number of carbonyl (C=O) groups excluding carboxylic acids is 2. The maximum atomic E-state index is 12.9. The van der Waals surface area contributed by atoms with Crippen molar-refractivity contribution in [2.75, 3.05) is 11.9 Å². The van der Waals surface area contributed by atoms with Crippen LogP contribution in [-0.2, 0) is 14.3 Å². The van der Waals surface area contributed by atoms with Crippen molar-refractivity contribution in [1.29, 1.82) is 0 Å². The zero-order valence-corrected chi connectivity index (χ0v) is 16.7. The van der Waals surface area contributed by atoms with Gasteiger partial charge in [-0.2, -0.15) is 4.98 Å². The number of imidazole rings is 1. The molecule has 12 nitrogen and oxygen atoms in total. The van der Waals surface area contributed by atoms with E-state index in [1.165, 1.54) is 6.92 Å². The van der Waals surface area contributed by atoms with Gasteiger partial charge in [0, 0.05) is 13.2 Å². The summed E-state index contributed by atoms with van der Waals surface area (Å²) < 4.78 is 14.1. The monoisotopic (exact) mass is 424 g/mol. The molecule has 0 aromatic carbocycles. The molecular formula is C18H25N5O7. The van der Waals surface area contributed by atoms with Gasteiger partial charge in [0.05, 0.1) is 12.9 Å². The van der Waals surface area contributed by atoms with E-state index in [0.29, 0.717) is 0 Å². The predicted molar refractivity (Wildman–Crippen MR) is 103 cm³/mol. The number of aromatic amines is 1. The van der Waals surface area contributed by atoms with Crippen LogP contribution in [0.4, 0.5) is 5.95 Å².